The molecule has 0 saturated carbocycles. The van der Waals surface area contributed by atoms with Crippen LogP contribution in [0.5, 0.6) is 0 Å². The summed E-state index contributed by atoms with van der Waals surface area (Å²) in [6.07, 6.45) is 7.20. The van der Waals surface area contributed by atoms with Crippen LogP contribution in [-0.2, 0) is 0 Å². The van der Waals surface area contributed by atoms with Crippen molar-refractivity contribution in [3.8, 4) is 22.4 Å². The molecule has 5 aromatic rings. The van der Waals surface area contributed by atoms with E-state index in [-0.39, 0.29) is 5.91 Å². The van der Waals surface area contributed by atoms with E-state index in [4.69, 9.17) is 4.98 Å². The fraction of sp³-hybridized carbons (Fsp3) is 0.0385. The average molecular weight is 404 g/mol. The summed E-state index contributed by atoms with van der Waals surface area (Å²) in [6.45, 7) is 2.00. The Balaban J connectivity index is 1.49. The van der Waals surface area contributed by atoms with Crippen molar-refractivity contribution in [2.45, 2.75) is 6.92 Å². The van der Waals surface area contributed by atoms with E-state index in [9.17, 15) is 4.79 Å². The molecule has 0 aliphatic rings. The zero-order valence-corrected chi connectivity index (χ0v) is 17.0. The summed E-state index contributed by atoms with van der Waals surface area (Å²) in [5.74, 6) is -0.188. The lowest BCUT2D eigenvalue weighted by atomic mass is 10.0. The Morgan fingerprint density at radius 1 is 0.839 bits per heavy atom. The molecule has 0 unspecified atom stereocenters. The molecule has 2 aromatic carbocycles. The third-order valence-corrected chi connectivity index (χ3v) is 5.17. The van der Waals surface area contributed by atoms with Crippen LogP contribution in [0.15, 0.2) is 97.6 Å². The van der Waals surface area contributed by atoms with Gasteiger partial charge < -0.3 is 9.72 Å². The molecular weight excluding hydrogens is 384 g/mol. The molecule has 5 nitrogen and oxygen atoms in total. The van der Waals surface area contributed by atoms with Gasteiger partial charge >= 0.3 is 0 Å². The van der Waals surface area contributed by atoms with Crippen molar-refractivity contribution >= 4 is 17.2 Å². The number of benzene rings is 2. The van der Waals surface area contributed by atoms with Crippen LogP contribution >= 0.6 is 0 Å². The number of nitrogens with zero attached hydrogens (tertiary/aromatic N) is 3. The molecule has 5 rings (SSSR count). The van der Waals surface area contributed by atoms with Gasteiger partial charge in [-0.1, -0.05) is 54.6 Å². The lowest BCUT2D eigenvalue weighted by molar-refractivity contribution is 0.102. The number of carbonyl (C=O) groups excluding carboxylic acids is 1. The number of fused-ring (bicyclic) bond motifs is 1. The zero-order valence-electron chi connectivity index (χ0n) is 17.0. The quantitative estimate of drug-likeness (QED) is 0.423. The molecule has 0 radical (unpaired) electrons. The predicted octanol–water partition coefficient (Wildman–Crippen LogP) is 5.62. The molecule has 0 spiro atoms. The highest BCUT2D eigenvalue weighted by Gasteiger charge is 2.13. The van der Waals surface area contributed by atoms with E-state index in [0.29, 0.717) is 16.9 Å². The van der Waals surface area contributed by atoms with Crippen LogP contribution in [-0.4, -0.2) is 20.3 Å². The van der Waals surface area contributed by atoms with Gasteiger partial charge in [-0.2, -0.15) is 0 Å². The summed E-state index contributed by atoms with van der Waals surface area (Å²) in [6, 6.07) is 24.0. The van der Waals surface area contributed by atoms with Gasteiger partial charge in [-0.3, -0.25) is 9.78 Å². The van der Waals surface area contributed by atoms with E-state index in [1.165, 1.54) is 5.56 Å². The predicted molar refractivity (Wildman–Crippen MR) is 123 cm³/mol. The minimum absolute atomic E-state index is 0.188. The molecule has 0 saturated heterocycles. The number of pyridine rings is 2. The molecule has 0 fully saturated rings. The van der Waals surface area contributed by atoms with Gasteiger partial charge in [0.05, 0.1) is 11.4 Å². The van der Waals surface area contributed by atoms with Gasteiger partial charge in [-0.25, -0.2) is 4.98 Å². The number of nitrogens with one attached hydrogen (secondary N) is 1. The van der Waals surface area contributed by atoms with Crippen molar-refractivity contribution in [3.05, 3.63) is 109 Å². The SMILES string of the molecule is Cc1cc(NC(=O)c2ccncc2)c2nc(-c3ccc(-c4ccccc4)cc3)cn2c1. The standard InChI is InChI=1S/C26H20N4O/c1-18-15-23(29-26(31)22-11-13-27-14-12-22)25-28-24(17-30(25)16-18)21-9-7-20(8-10-21)19-5-3-2-4-6-19/h2-17H,1H3,(H,29,31). The molecule has 0 aliphatic carbocycles. The van der Waals surface area contributed by atoms with Crippen LogP contribution in [0.2, 0.25) is 0 Å². The fourth-order valence-corrected chi connectivity index (χ4v) is 3.63. The molecule has 0 atom stereocenters. The Morgan fingerprint density at radius 3 is 2.26 bits per heavy atom. The lowest BCUT2D eigenvalue weighted by Gasteiger charge is -2.08. The molecule has 1 amide bonds. The number of anilines is 1. The number of imidazole rings is 1. The first-order chi connectivity index (χ1) is 15.2. The molecule has 0 aliphatic heterocycles. The van der Waals surface area contributed by atoms with Gasteiger partial charge in [0.25, 0.3) is 5.91 Å². The smallest absolute Gasteiger partial charge is 0.255 e. The van der Waals surface area contributed by atoms with Crippen molar-refractivity contribution in [3.63, 3.8) is 0 Å². The van der Waals surface area contributed by atoms with Crippen LogP contribution in [0, 0.1) is 6.92 Å². The van der Waals surface area contributed by atoms with Crippen LogP contribution in [0.3, 0.4) is 0 Å². The minimum Gasteiger partial charge on any atom is -0.319 e. The largest absolute Gasteiger partial charge is 0.319 e. The van der Waals surface area contributed by atoms with E-state index >= 15 is 0 Å². The van der Waals surface area contributed by atoms with E-state index in [0.717, 1.165) is 22.4 Å². The number of aryl methyl sites for hydroxylation is 1. The van der Waals surface area contributed by atoms with E-state index < -0.39 is 0 Å². The molecule has 150 valence electrons. The number of hydrogen-bond acceptors (Lipinski definition) is 3. The summed E-state index contributed by atoms with van der Waals surface area (Å²) >= 11 is 0. The zero-order chi connectivity index (χ0) is 21.2. The summed E-state index contributed by atoms with van der Waals surface area (Å²) in [5.41, 5.74) is 7.18. The number of hydrogen-bond donors (Lipinski definition) is 1. The molecule has 1 N–H and O–H groups in total. The van der Waals surface area contributed by atoms with Crippen LogP contribution in [0.25, 0.3) is 28.0 Å². The Bertz CT molecular complexity index is 1360. The van der Waals surface area contributed by atoms with Crippen molar-refractivity contribution in [1.82, 2.24) is 14.4 Å². The summed E-state index contributed by atoms with van der Waals surface area (Å²) < 4.78 is 1.96. The highest BCUT2D eigenvalue weighted by molar-refractivity contribution is 6.06. The maximum Gasteiger partial charge on any atom is 0.255 e. The Kier molecular flexibility index (Phi) is 4.77. The maximum absolute atomic E-state index is 12.6. The van der Waals surface area contributed by atoms with Crippen molar-refractivity contribution in [2.75, 3.05) is 5.32 Å². The number of rotatable bonds is 4. The fourth-order valence-electron chi connectivity index (χ4n) is 3.63. The van der Waals surface area contributed by atoms with Crippen LogP contribution in [0.1, 0.15) is 15.9 Å². The maximum atomic E-state index is 12.6. The number of aromatic nitrogens is 3. The normalized spacial score (nSPS) is 10.9. The molecule has 0 bridgehead atoms. The second-order valence-corrected chi connectivity index (χ2v) is 7.42. The van der Waals surface area contributed by atoms with E-state index in [1.54, 1.807) is 24.5 Å². The third kappa shape index (κ3) is 3.81. The first-order valence-corrected chi connectivity index (χ1v) is 10.0. The third-order valence-electron chi connectivity index (χ3n) is 5.17. The number of carbonyl (C=O) groups is 1. The average Bonchev–Trinajstić information content (AvgIpc) is 3.24. The van der Waals surface area contributed by atoms with E-state index in [2.05, 4.69) is 46.7 Å². The molecule has 5 heteroatoms. The first-order valence-electron chi connectivity index (χ1n) is 10.0. The van der Waals surface area contributed by atoms with Gasteiger partial charge in [-0.15, -0.1) is 0 Å². The molecule has 3 aromatic heterocycles. The van der Waals surface area contributed by atoms with E-state index in [1.807, 2.05) is 48.0 Å². The second kappa shape index (κ2) is 7.88. The van der Waals surface area contributed by atoms with Gasteiger partial charge in [0.2, 0.25) is 0 Å². The van der Waals surface area contributed by atoms with Crippen molar-refractivity contribution in [1.29, 1.82) is 0 Å². The number of amides is 1. The lowest BCUT2D eigenvalue weighted by Crippen LogP contribution is -2.13. The van der Waals surface area contributed by atoms with Crippen molar-refractivity contribution in [2.24, 2.45) is 0 Å². The summed E-state index contributed by atoms with van der Waals surface area (Å²) in [5, 5.41) is 2.99. The van der Waals surface area contributed by atoms with Gasteiger partial charge in [-0.05, 0) is 41.8 Å². The molecule has 3 heterocycles. The second-order valence-electron chi connectivity index (χ2n) is 7.42. The Labute approximate surface area is 180 Å². The van der Waals surface area contributed by atoms with Gasteiger partial charge in [0.15, 0.2) is 5.65 Å². The monoisotopic (exact) mass is 404 g/mol. The highest BCUT2D eigenvalue weighted by atomic mass is 16.1. The summed E-state index contributed by atoms with van der Waals surface area (Å²) in [4.78, 5) is 21.4. The molecular formula is C26H20N4O. The van der Waals surface area contributed by atoms with Gasteiger partial charge in [0.1, 0.15) is 0 Å². The Hall–Kier alpha value is -4.25. The molecule has 31 heavy (non-hydrogen) atoms. The van der Waals surface area contributed by atoms with Crippen LogP contribution in [0.4, 0.5) is 5.69 Å². The first kappa shape index (κ1) is 18.8. The minimum atomic E-state index is -0.188. The van der Waals surface area contributed by atoms with Crippen LogP contribution < -0.4 is 5.32 Å². The van der Waals surface area contributed by atoms with Gasteiger partial charge in [0, 0.05) is 35.9 Å². The summed E-state index contributed by atoms with van der Waals surface area (Å²) in [7, 11) is 0. The Morgan fingerprint density at radius 2 is 1.52 bits per heavy atom. The topological polar surface area (TPSA) is 59.3 Å². The van der Waals surface area contributed by atoms with Crippen molar-refractivity contribution < 1.29 is 4.79 Å². The highest BCUT2D eigenvalue weighted by Crippen LogP contribution is 2.27.